The van der Waals surface area contributed by atoms with Crippen LogP contribution in [0.5, 0.6) is 0 Å². The first-order valence-electron chi connectivity index (χ1n) is 4.07. The highest BCUT2D eigenvalue weighted by molar-refractivity contribution is 6.38. The van der Waals surface area contributed by atoms with Crippen molar-refractivity contribution in [3.63, 3.8) is 0 Å². The SMILES string of the molecule is Clc1cc(Cl)c2c(c1)ncc1nnnn12. The molecule has 0 bridgehead atoms. The largest absolute Gasteiger partial charge is 0.250 e. The van der Waals surface area contributed by atoms with E-state index in [1.807, 2.05) is 0 Å². The fraction of sp³-hybridized carbons (Fsp3) is 0. The van der Waals surface area contributed by atoms with Gasteiger partial charge < -0.3 is 0 Å². The van der Waals surface area contributed by atoms with Gasteiger partial charge >= 0.3 is 0 Å². The van der Waals surface area contributed by atoms with Crippen LogP contribution in [0, 0.1) is 0 Å². The molecule has 2 aromatic heterocycles. The minimum Gasteiger partial charge on any atom is -0.250 e. The smallest absolute Gasteiger partial charge is 0.198 e. The number of halogens is 2. The second-order valence-corrected chi connectivity index (χ2v) is 3.81. The normalized spacial score (nSPS) is 11.3. The molecule has 0 amide bonds. The summed E-state index contributed by atoms with van der Waals surface area (Å²) in [6.07, 6.45) is 1.56. The molecule has 0 fully saturated rings. The first kappa shape index (κ1) is 8.82. The van der Waals surface area contributed by atoms with Crippen LogP contribution in [0.25, 0.3) is 16.7 Å². The van der Waals surface area contributed by atoms with Gasteiger partial charge in [0.25, 0.3) is 0 Å². The molecule has 1 aromatic carbocycles. The monoisotopic (exact) mass is 239 g/mol. The molecule has 3 rings (SSSR count). The van der Waals surface area contributed by atoms with Crippen molar-refractivity contribution < 1.29 is 0 Å². The maximum atomic E-state index is 6.06. The summed E-state index contributed by atoms with van der Waals surface area (Å²) in [7, 11) is 0. The van der Waals surface area contributed by atoms with Crippen LogP contribution in [0.4, 0.5) is 0 Å². The Bertz CT molecular complexity index is 662. The van der Waals surface area contributed by atoms with Gasteiger partial charge in [-0.3, -0.25) is 4.98 Å². The van der Waals surface area contributed by atoms with Crippen LogP contribution in [0.3, 0.4) is 0 Å². The summed E-state index contributed by atoms with van der Waals surface area (Å²) in [6.45, 7) is 0. The summed E-state index contributed by atoms with van der Waals surface area (Å²) in [5.74, 6) is 0. The second kappa shape index (κ2) is 3.01. The maximum Gasteiger partial charge on any atom is 0.198 e. The predicted molar refractivity (Wildman–Crippen MR) is 56.1 cm³/mol. The van der Waals surface area contributed by atoms with Gasteiger partial charge in [-0.2, -0.15) is 4.52 Å². The van der Waals surface area contributed by atoms with E-state index in [9.17, 15) is 0 Å². The van der Waals surface area contributed by atoms with Crippen molar-refractivity contribution in [1.82, 2.24) is 25.0 Å². The highest BCUT2D eigenvalue weighted by atomic mass is 35.5. The predicted octanol–water partition coefficient (Wildman–Crippen LogP) is 1.98. The number of rotatable bonds is 0. The quantitative estimate of drug-likeness (QED) is 0.602. The Hall–Kier alpha value is -1.46. The number of benzene rings is 1. The van der Waals surface area contributed by atoms with E-state index in [1.54, 1.807) is 18.3 Å². The molecule has 2 heterocycles. The molecule has 0 atom stereocenters. The average molecular weight is 240 g/mol. The number of hydrogen-bond acceptors (Lipinski definition) is 4. The Balaban J connectivity index is 2.62. The van der Waals surface area contributed by atoms with Crippen LogP contribution in [-0.2, 0) is 0 Å². The first-order chi connectivity index (χ1) is 7.25. The number of tetrazole rings is 1. The van der Waals surface area contributed by atoms with E-state index in [0.29, 0.717) is 26.7 Å². The maximum absolute atomic E-state index is 6.06. The van der Waals surface area contributed by atoms with Gasteiger partial charge in [0.05, 0.1) is 16.7 Å². The molecule has 0 aliphatic carbocycles. The van der Waals surface area contributed by atoms with E-state index >= 15 is 0 Å². The van der Waals surface area contributed by atoms with E-state index in [1.165, 1.54) is 4.52 Å². The van der Waals surface area contributed by atoms with Crippen molar-refractivity contribution >= 4 is 39.9 Å². The lowest BCUT2D eigenvalue weighted by Gasteiger charge is -2.01. The number of hydrogen-bond donors (Lipinski definition) is 0. The number of fused-ring (bicyclic) bond motifs is 3. The Morgan fingerprint density at radius 3 is 2.93 bits per heavy atom. The van der Waals surface area contributed by atoms with Crippen LogP contribution < -0.4 is 0 Å². The lowest BCUT2D eigenvalue weighted by Crippen LogP contribution is -1.93. The molecule has 0 spiro atoms. The van der Waals surface area contributed by atoms with Crippen molar-refractivity contribution in [3.8, 4) is 0 Å². The van der Waals surface area contributed by atoms with Gasteiger partial charge in [-0.05, 0) is 22.6 Å². The van der Waals surface area contributed by atoms with Crippen molar-refractivity contribution in [2.75, 3.05) is 0 Å². The number of aromatic nitrogens is 5. The Labute approximate surface area is 93.6 Å². The van der Waals surface area contributed by atoms with E-state index in [2.05, 4.69) is 20.5 Å². The third kappa shape index (κ3) is 1.24. The lowest BCUT2D eigenvalue weighted by atomic mass is 10.3. The minimum atomic E-state index is 0.475. The zero-order valence-electron chi connectivity index (χ0n) is 7.22. The van der Waals surface area contributed by atoms with Crippen LogP contribution in [-0.4, -0.2) is 25.0 Å². The van der Waals surface area contributed by atoms with E-state index in [-0.39, 0.29) is 0 Å². The number of nitrogens with zero attached hydrogens (tertiary/aromatic N) is 5. The van der Waals surface area contributed by atoms with Gasteiger partial charge in [0, 0.05) is 5.02 Å². The molecule has 0 saturated carbocycles. The van der Waals surface area contributed by atoms with Crippen LogP contribution in [0.15, 0.2) is 18.3 Å². The molecular formula is C8H3Cl2N5. The Morgan fingerprint density at radius 1 is 1.20 bits per heavy atom. The topological polar surface area (TPSA) is 56.0 Å². The van der Waals surface area contributed by atoms with Gasteiger partial charge in [0.15, 0.2) is 5.65 Å². The minimum absolute atomic E-state index is 0.475. The molecule has 7 heteroatoms. The standard InChI is InChI=1S/C8H3Cl2N5/c9-4-1-5(10)8-6(2-4)11-3-7-12-13-14-15(7)8/h1-3H. The van der Waals surface area contributed by atoms with Crippen LogP contribution in [0.2, 0.25) is 10.0 Å². The molecule has 0 radical (unpaired) electrons. The van der Waals surface area contributed by atoms with Gasteiger partial charge in [-0.1, -0.05) is 23.2 Å². The van der Waals surface area contributed by atoms with Crippen molar-refractivity contribution in [2.45, 2.75) is 0 Å². The van der Waals surface area contributed by atoms with Crippen molar-refractivity contribution in [2.24, 2.45) is 0 Å². The first-order valence-corrected chi connectivity index (χ1v) is 4.83. The zero-order valence-corrected chi connectivity index (χ0v) is 8.74. The molecule has 0 N–H and O–H groups in total. The van der Waals surface area contributed by atoms with Gasteiger partial charge in [0.1, 0.15) is 5.52 Å². The molecule has 15 heavy (non-hydrogen) atoms. The molecule has 3 aromatic rings. The summed E-state index contributed by atoms with van der Waals surface area (Å²) in [5, 5.41) is 12.2. The lowest BCUT2D eigenvalue weighted by molar-refractivity contribution is 0.841. The fourth-order valence-corrected chi connectivity index (χ4v) is 1.98. The van der Waals surface area contributed by atoms with Crippen LogP contribution >= 0.6 is 23.2 Å². The van der Waals surface area contributed by atoms with E-state index in [0.717, 1.165) is 0 Å². The van der Waals surface area contributed by atoms with Crippen molar-refractivity contribution in [3.05, 3.63) is 28.4 Å². The van der Waals surface area contributed by atoms with Crippen molar-refractivity contribution in [1.29, 1.82) is 0 Å². The molecule has 5 nitrogen and oxygen atoms in total. The Morgan fingerprint density at radius 2 is 2.07 bits per heavy atom. The Kier molecular flexibility index (Phi) is 1.77. The third-order valence-corrected chi connectivity index (χ3v) is 2.54. The highest BCUT2D eigenvalue weighted by Crippen LogP contribution is 2.26. The molecule has 74 valence electrons. The van der Waals surface area contributed by atoms with Gasteiger partial charge in [-0.15, -0.1) is 5.10 Å². The molecule has 0 unspecified atom stereocenters. The summed E-state index contributed by atoms with van der Waals surface area (Å²) >= 11 is 11.9. The zero-order chi connectivity index (χ0) is 10.4. The fourth-order valence-electron chi connectivity index (χ4n) is 1.42. The summed E-state index contributed by atoms with van der Waals surface area (Å²) in [4.78, 5) is 4.17. The molecule has 0 saturated heterocycles. The second-order valence-electron chi connectivity index (χ2n) is 2.96. The van der Waals surface area contributed by atoms with Gasteiger partial charge in [0.2, 0.25) is 0 Å². The van der Waals surface area contributed by atoms with E-state index < -0.39 is 0 Å². The highest BCUT2D eigenvalue weighted by Gasteiger charge is 2.08. The summed E-state index contributed by atoms with van der Waals surface area (Å²) < 4.78 is 1.53. The van der Waals surface area contributed by atoms with Crippen LogP contribution in [0.1, 0.15) is 0 Å². The van der Waals surface area contributed by atoms with Gasteiger partial charge in [-0.25, -0.2) is 0 Å². The molecular weight excluding hydrogens is 237 g/mol. The third-order valence-electron chi connectivity index (χ3n) is 2.03. The summed E-state index contributed by atoms with van der Waals surface area (Å²) in [5.41, 5.74) is 1.86. The molecule has 0 aliphatic rings. The average Bonchev–Trinajstić information content (AvgIpc) is 2.63. The van der Waals surface area contributed by atoms with E-state index in [4.69, 9.17) is 23.2 Å². The molecule has 0 aliphatic heterocycles. The summed E-state index contributed by atoms with van der Waals surface area (Å²) in [6, 6.07) is 3.35.